The molecule has 3 N–H and O–H groups in total. The molecule has 9 nitrogen and oxygen atoms in total. The zero-order valence-corrected chi connectivity index (χ0v) is 36.1. The Kier molecular flexibility index (Phi) is 40.4. The molecule has 0 amide bonds. The lowest BCUT2D eigenvalue weighted by Gasteiger charge is -2.19. The molecule has 54 heavy (non-hydrogen) atoms. The van der Waals surface area contributed by atoms with Gasteiger partial charge in [0, 0.05) is 19.4 Å². The van der Waals surface area contributed by atoms with Crippen molar-refractivity contribution in [1.29, 1.82) is 0 Å². The van der Waals surface area contributed by atoms with Crippen molar-refractivity contribution in [3.05, 3.63) is 12.2 Å². The Labute approximate surface area is 332 Å². The molecule has 0 aliphatic carbocycles. The monoisotopic (exact) mass is 788 g/mol. The number of hydrogen-bond acceptors (Lipinski definition) is 8. The van der Waals surface area contributed by atoms with Gasteiger partial charge in [0.1, 0.15) is 6.61 Å². The number of carbonyl (C=O) groups is 2. The Morgan fingerprint density at radius 2 is 0.944 bits per heavy atom. The maximum absolute atomic E-state index is 12.6. The number of nitrogens with two attached hydrogens (primary N) is 1. The summed E-state index contributed by atoms with van der Waals surface area (Å²) in [5, 5.41) is 0. The van der Waals surface area contributed by atoms with E-state index < -0.39 is 32.5 Å². The molecule has 0 aromatic carbocycles. The molecular formula is C44H86NO8P. The highest BCUT2D eigenvalue weighted by Crippen LogP contribution is 2.43. The first-order chi connectivity index (χ1) is 26.3. The van der Waals surface area contributed by atoms with E-state index in [4.69, 9.17) is 24.3 Å². The zero-order valence-electron chi connectivity index (χ0n) is 35.2. The molecule has 0 aromatic heterocycles. The van der Waals surface area contributed by atoms with Gasteiger partial charge >= 0.3 is 19.8 Å². The molecule has 0 bridgehead atoms. The third kappa shape index (κ3) is 40.4. The van der Waals surface area contributed by atoms with Gasteiger partial charge in [-0.3, -0.25) is 18.6 Å². The second kappa shape index (κ2) is 41.4. The summed E-state index contributed by atoms with van der Waals surface area (Å²) >= 11 is 0. The van der Waals surface area contributed by atoms with Crippen LogP contribution in [0.15, 0.2) is 12.2 Å². The van der Waals surface area contributed by atoms with E-state index in [0.717, 1.165) is 25.7 Å². The summed E-state index contributed by atoms with van der Waals surface area (Å²) in [6, 6.07) is 0. The Morgan fingerprint density at radius 3 is 1.39 bits per heavy atom. The number of ether oxygens (including phenoxy) is 2. The van der Waals surface area contributed by atoms with Crippen LogP contribution in [0.5, 0.6) is 0 Å². The van der Waals surface area contributed by atoms with Crippen LogP contribution in [0.1, 0.15) is 226 Å². The van der Waals surface area contributed by atoms with Crippen molar-refractivity contribution < 1.29 is 37.6 Å². The van der Waals surface area contributed by atoms with Crippen LogP contribution in [-0.2, 0) is 32.7 Å². The molecule has 1 unspecified atom stereocenters. The van der Waals surface area contributed by atoms with E-state index in [9.17, 15) is 19.0 Å². The topological polar surface area (TPSA) is 134 Å². The lowest BCUT2D eigenvalue weighted by Crippen LogP contribution is -2.29. The quantitative estimate of drug-likeness (QED) is 0.0268. The highest BCUT2D eigenvalue weighted by molar-refractivity contribution is 7.47. The Morgan fingerprint density at radius 1 is 0.537 bits per heavy atom. The molecule has 0 heterocycles. The van der Waals surface area contributed by atoms with E-state index in [0.29, 0.717) is 12.8 Å². The lowest BCUT2D eigenvalue weighted by molar-refractivity contribution is -0.161. The Hall–Kier alpha value is -1.25. The fraction of sp³-hybridized carbons (Fsp3) is 0.909. The second-order valence-electron chi connectivity index (χ2n) is 15.3. The van der Waals surface area contributed by atoms with Crippen molar-refractivity contribution in [2.75, 3.05) is 26.4 Å². The van der Waals surface area contributed by atoms with Gasteiger partial charge < -0.3 is 20.1 Å². The molecule has 0 radical (unpaired) electrons. The van der Waals surface area contributed by atoms with Gasteiger partial charge in [0.15, 0.2) is 6.10 Å². The third-order valence-corrected chi connectivity index (χ3v) is 10.9. The maximum atomic E-state index is 12.6. The van der Waals surface area contributed by atoms with Crippen LogP contribution in [0.3, 0.4) is 0 Å². The third-order valence-electron chi connectivity index (χ3n) is 9.91. The molecule has 0 spiro atoms. The van der Waals surface area contributed by atoms with Crippen LogP contribution in [0.25, 0.3) is 0 Å². The van der Waals surface area contributed by atoms with Crippen LogP contribution in [0.4, 0.5) is 0 Å². The van der Waals surface area contributed by atoms with Crippen LogP contribution in [-0.4, -0.2) is 49.3 Å². The predicted octanol–water partition coefficient (Wildman–Crippen LogP) is 13.0. The van der Waals surface area contributed by atoms with Crippen LogP contribution < -0.4 is 5.73 Å². The molecule has 0 aromatic rings. The van der Waals surface area contributed by atoms with Crippen molar-refractivity contribution in [2.24, 2.45) is 5.73 Å². The number of hydrogen-bond donors (Lipinski definition) is 2. The van der Waals surface area contributed by atoms with Crippen molar-refractivity contribution in [3.63, 3.8) is 0 Å². The number of allylic oxidation sites excluding steroid dienone is 2. The number of phosphoric acid groups is 1. The van der Waals surface area contributed by atoms with E-state index in [1.54, 1.807) is 0 Å². The second-order valence-corrected chi connectivity index (χ2v) is 16.7. The summed E-state index contributed by atoms with van der Waals surface area (Å²) in [7, 11) is -4.38. The molecule has 0 aliphatic heterocycles. The predicted molar refractivity (Wildman–Crippen MR) is 224 cm³/mol. The van der Waals surface area contributed by atoms with Gasteiger partial charge in [-0.25, -0.2) is 4.57 Å². The summed E-state index contributed by atoms with van der Waals surface area (Å²) in [5.74, 6) is -0.873. The lowest BCUT2D eigenvalue weighted by atomic mass is 10.0. The van der Waals surface area contributed by atoms with Gasteiger partial charge in [0.25, 0.3) is 0 Å². The summed E-state index contributed by atoms with van der Waals surface area (Å²) in [5.41, 5.74) is 5.35. The molecule has 0 rings (SSSR count). The molecule has 320 valence electrons. The number of rotatable bonds is 43. The van der Waals surface area contributed by atoms with E-state index >= 15 is 0 Å². The van der Waals surface area contributed by atoms with E-state index in [2.05, 4.69) is 19.9 Å². The first-order valence-corrected chi connectivity index (χ1v) is 24.2. The van der Waals surface area contributed by atoms with Gasteiger partial charge in [-0.05, 0) is 25.7 Å². The smallest absolute Gasteiger partial charge is 0.462 e. The van der Waals surface area contributed by atoms with Crippen LogP contribution in [0.2, 0.25) is 0 Å². The van der Waals surface area contributed by atoms with Gasteiger partial charge in [-0.15, -0.1) is 0 Å². The first kappa shape index (κ1) is 52.8. The minimum Gasteiger partial charge on any atom is -0.462 e. The highest BCUT2D eigenvalue weighted by atomic mass is 31.2. The minimum atomic E-state index is -4.38. The fourth-order valence-corrected chi connectivity index (χ4v) is 7.30. The number of phosphoric ester groups is 1. The Balaban J connectivity index is 4.12. The average molecular weight is 788 g/mol. The van der Waals surface area contributed by atoms with Crippen molar-refractivity contribution in [3.8, 4) is 0 Å². The summed E-state index contributed by atoms with van der Waals surface area (Å²) in [6.07, 6.45) is 42.5. The van der Waals surface area contributed by atoms with Crippen molar-refractivity contribution >= 4 is 19.8 Å². The fourth-order valence-electron chi connectivity index (χ4n) is 6.54. The molecule has 0 saturated heterocycles. The van der Waals surface area contributed by atoms with E-state index in [1.807, 2.05) is 6.08 Å². The summed E-state index contributed by atoms with van der Waals surface area (Å²) in [6.45, 7) is 3.73. The zero-order chi connectivity index (χ0) is 39.6. The van der Waals surface area contributed by atoms with Crippen molar-refractivity contribution in [1.82, 2.24) is 0 Å². The van der Waals surface area contributed by atoms with Gasteiger partial charge in [-0.1, -0.05) is 199 Å². The van der Waals surface area contributed by atoms with Crippen LogP contribution >= 0.6 is 7.82 Å². The highest BCUT2D eigenvalue weighted by Gasteiger charge is 2.26. The van der Waals surface area contributed by atoms with Crippen LogP contribution in [0, 0.1) is 0 Å². The largest absolute Gasteiger partial charge is 0.472 e. The average Bonchev–Trinajstić information content (AvgIpc) is 3.16. The maximum Gasteiger partial charge on any atom is 0.472 e. The molecule has 0 saturated carbocycles. The van der Waals surface area contributed by atoms with Gasteiger partial charge in [0.2, 0.25) is 0 Å². The normalized spacial score (nSPS) is 13.3. The number of carbonyl (C=O) groups excluding carboxylic acids is 2. The molecule has 0 fully saturated rings. The molecular weight excluding hydrogens is 701 g/mol. The molecule has 10 heteroatoms. The SMILES string of the molecule is CCCCCCCCCCCCC/C=C/CCC(=O)OC[C@H](COP(=O)(O)OCCN)OC(=O)CCCCCCCCCCCCCCCCCCCC. The standard InChI is InChI=1S/C44H86NO8P/c1-3-5-7-9-11-13-15-17-19-20-21-23-25-27-29-31-33-35-37-44(47)53-42(41-52-54(48,49)51-39-38-45)40-50-43(46)36-34-32-30-28-26-24-22-18-16-14-12-10-8-6-4-2/h30,32,42H,3-29,31,33-41,45H2,1-2H3,(H,48,49)/b32-30+/t42-/m1/s1. The number of esters is 2. The molecule has 2 atom stereocenters. The number of unbranched alkanes of at least 4 members (excludes halogenated alkanes) is 28. The van der Waals surface area contributed by atoms with E-state index in [1.165, 1.54) is 161 Å². The minimum absolute atomic E-state index is 0.0527. The molecule has 0 aliphatic rings. The summed E-state index contributed by atoms with van der Waals surface area (Å²) in [4.78, 5) is 34.9. The van der Waals surface area contributed by atoms with Gasteiger partial charge in [-0.2, -0.15) is 0 Å². The summed E-state index contributed by atoms with van der Waals surface area (Å²) < 4.78 is 32.8. The first-order valence-electron chi connectivity index (χ1n) is 22.7. The van der Waals surface area contributed by atoms with Crippen molar-refractivity contribution in [2.45, 2.75) is 232 Å². The Bertz CT molecular complexity index is 902. The van der Waals surface area contributed by atoms with E-state index in [-0.39, 0.29) is 32.6 Å². The van der Waals surface area contributed by atoms with Gasteiger partial charge in [0.05, 0.1) is 13.2 Å².